The summed E-state index contributed by atoms with van der Waals surface area (Å²) in [7, 11) is 1.52. The Hall–Kier alpha value is -9.19. The second kappa shape index (κ2) is 47.6. The van der Waals surface area contributed by atoms with E-state index in [0.29, 0.717) is 0 Å². The van der Waals surface area contributed by atoms with Gasteiger partial charge in [-0.2, -0.15) is 0 Å². The molecule has 2 saturated heterocycles. The van der Waals surface area contributed by atoms with E-state index in [1.165, 1.54) is 11.9 Å². The summed E-state index contributed by atoms with van der Waals surface area (Å²) >= 11 is 0. The number of ether oxygens (including phenoxy) is 5. The van der Waals surface area contributed by atoms with Gasteiger partial charge in [0.1, 0.15) is 30.5 Å². The highest BCUT2D eigenvalue weighted by Gasteiger charge is 2.41. The normalized spacial score (nSPS) is 17.2. The molecule has 1 unspecified atom stereocenters. The zero-order chi connectivity index (χ0) is 77.4. The standard InChI is InChI=1S/C77H105N11O20/c1-80(44-65(105-54-60-19-9-3-10-20-60)75(107-56-62-23-13-5-14-24-62)76(108-57-63-25-15-6-16-26-63)66(106-55-61-21-11-4-12-22-61)58-104-53-59-17-7-2-8-18-59)77(103)64(79-68(90)46-82-29-33-85(49-71(95)96)37-41-88(52-74(101)102)42-38-86(34-30-82)50-72(97)98)43-78-67(89)45-81-27-31-83(47-69(91)92)35-39-87(51-73(99)100)40-36-84(32-28-81)48-70(93)94/h2-26,64-66,75-76H,27-58H2,1H3,(H,78,89)(H,79,90)(H,91,92)(H,93,94)(H,95,96)(H,97,98)(H,99,100)(H,101,102)/t64?,65-,66+,75+,76+/m0/s1. The lowest BCUT2D eigenvalue weighted by Gasteiger charge is -2.39. The third kappa shape index (κ3) is 33.9. The van der Waals surface area contributed by atoms with Crippen LogP contribution in [0.15, 0.2) is 152 Å². The van der Waals surface area contributed by atoms with Gasteiger partial charge in [-0.1, -0.05) is 152 Å². The van der Waals surface area contributed by atoms with Gasteiger partial charge in [-0.15, -0.1) is 0 Å². The number of carbonyl (C=O) groups is 9. The third-order valence-corrected chi connectivity index (χ3v) is 18.3. The van der Waals surface area contributed by atoms with Crippen LogP contribution in [0.1, 0.15) is 27.8 Å². The van der Waals surface area contributed by atoms with Crippen molar-refractivity contribution in [2.45, 2.75) is 63.5 Å². The fraction of sp³-hybridized carbons (Fsp3) is 0.494. The fourth-order valence-electron chi connectivity index (χ4n) is 12.6. The second-order valence-corrected chi connectivity index (χ2v) is 26.9. The van der Waals surface area contributed by atoms with Gasteiger partial charge in [0.15, 0.2) is 0 Å². The van der Waals surface area contributed by atoms with Crippen molar-refractivity contribution in [3.8, 4) is 0 Å². The summed E-state index contributed by atoms with van der Waals surface area (Å²) in [5.74, 6) is -8.84. The van der Waals surface area contributed by atoms with E-state index in [1.807, 2.05) is 152 Å². The van der Waals surface area contributed by atoms with Crippen LogP contribution in [0, 0.1) is 0 Å². The van der Waals surface area contributed by atoms with Gasteiger partial charge < -0.3 is 69.9 Å². The van der Waals surface area contributed by atoms with Crippen LogP contribution in [0.2, 0.25) is 0 Å². The number of rotatable bonds is 41. The number of nitrogens with one attached hydrogen (secondary N) is 2. The van der Waals surface area contributed by atoms with Crippen LogP contribution in [-0.2, 0) is 99.9 Å². The van der Waals surface area contributed by atoms with Gasteiger partial charge in [0.25, 0.3) is 0 Å². The summed E-state index contributed by atoms with van der Waals surface area (Å²) < 4.78 is 34.9. The van der Waals surface area contributed by atoms with E-state index in [-0.39, 0.29) is 171 Å². The van der Waals surface area contributed by atoms with E-state index in [0.717, 1.165) is 27.8 Å². The molecular formula is C77H105N11O20. The van der Waals surface area contributed by atoms with E-state index >= 15 is 4.79 Å². The molecule has 2 fully saturated rings. The van der Waals surface area contributed by atoms with Crippen molar-refractivity contribution >= 4 is 53.5 Å². The molecule has 0 radical (unpaired) electrons. The Morgan fingerprint density at radius 1 is 0.343 bits per heavy atom. The monoisotopic (exact) mass is 1500 g/mol. The van der Waals surface area contributed by atoms with Crippen molar-refractivity contribution in [2.75, 3.05) is 184 Å². The summed E-state index contributed by atoms with van der Waals surface area (Å²) in [4.78, 5) is 132. The van der Waals surface area contributed by atoms with Crippen molar-refractivity contribution in [3.05, 3.63) is 179 Å². The van der Waals surface area contributed by atoms with Gasteiger partial charge >= 0.3 is 35.8 Å². The summed E-state index contributed by atoms with van der Waals surface area (Å²) in [5.41, 5.74) is 4.17. The van der Waals surface area contributed by atoms with Crippen molar-refractivity contribution in [1.82, 2.24) is 54.7 Å². The number of carboxylic acid groups (broad SMARTS) is 6. The fourth-order valence-corrected chi connectivity index (χ4v) is 12.6. The molecule has 7 rings (SSSR count). The second-order valence-electron chi connectivity index (χ2n) is 26.9. The molecule has 31 heteroatoms. The maximum absolute atomic E-state index is 15.9. The number of hydrogen-bond donors (Lipinski definition) is 8. The van der Waals surface area contributed by atoms with Gasteiger partial charge in [0.05, 0.1) is 92.0 Å². The van der Waals surface area contributed by atoms with Gasteiger partial charge in [-0.25, -0.2) is 0 Å². The van der Waals surface area contributed by atoms with Gasteiger partial charge in [0, 0.05) is 125 Å². The third-order valence-electron chi connectivity index (χ3n) is 18.3. The van der Waals surface area contributed by atoms with Crippen molar-refractivity contribution in [1.29, 1.82) is 0 Å². The average molecular weight is 1500 g/mol. The first-order chi connectivity index (χ1) is 52.1. The molecule has 8 N–H and O–H groups in total. The Bertz CT molecular complexity index is 3470. The van der Waals surface area contributed by atoms with Crippen LogP contribution in [-0.4, -0.2) is 343 Å². The Labute approximate surface area is 630 Å². The lowest BCUT2D eigenvalue weighted by atomic mass is 10.0. The summed E-state index contributed by atoms with van der Waals surface area (Å²) in [6.45, 7) is -1.73. The molecule has 2 aliphatic rings. The first-order valence-corrected chi connectivity index (χ1v) is 36.2. The average Bonchev–Trinajstić information content (AvgIpc) is 0.820. The van der Waals surface area contributed by atoms with Crippen molar-refractivity contribution in [3.63, 3.8) is 0 Å². The minimum absolute atomic E-state index is 0.00637. The molecule has 31 nitrogen and oxygen atoms in total. The first-order valence-electron chi connectivity index (χ1n) is 36.2. The number of carbonyl (C=O) groups excluding carboxylic acids is 3. The highest BCUT2D eigenvalue weighted by molar-refractivity contribution is 5.89. The van der Waals surface area contributed by atoms with Crippen LogP contribution in [0.4, 0.5) is 0 Å². The molecule has 588 valence electrons. The molecule has 3 amide bonds. The molecule has 0 aromatic heterocycles. The molecule has 5 aromatic rings. The largest absolute Gasteiger partial charge is 0.480 e. The smallest absolute Gasteiger partial charge is 0.317 e. The number of nitrogens with zero attached hydrogens (tertiary/aromatic N) is 9. The maximum atomic E-state index is 15.9. The molecule has 0 aliphatic carbocycles. The molecule has 5 aromatic carbocycles. The molecule has 2 aliphatic heterocycles. The number of likely N-dealkylation sites (N-methyl/N-ethyl adjacent to an activating group) is 1. The Balaban J connectivity index is 1.26. The zero-order valence-corrected chi connectivity index (χ0v) is 61.4. The molecule has 108 heavy (non-hydrogen) atoms. The highest BCUT2D eigenvalue weighted by Crippen LogP contribution is 2.26. The lowest BCUT2D eigenvalue weighted by Crippen LogP contribution is -2.58. The lowest BCUT2D eigenvalue weighted by molar-refractivity contribution is -0.202. The number of benzene rings is 5. The van der Waals surface area contributed by atoms with E-state index in [2.05, 4.69) is 10.6 Å². The van der Waals surface area contributed by atoms with E-state index in [4.69, 9.17) is 23.7 Å². The topological polar surface area (TPSA) is 374 Å². The number of amides is 3. The molecule has 0 saturated carbocycles. The van der Waals surface area contributed by atoms with Crippen molar-refractivity contribution < 1.29 is 97.5 Å². The van der Waals surface area contributed by atoms with Gasteiger partial charge in [-0.3, -0.25) is 82.4 Å². The molecule has 0 bridgehead atoms. The minimum Gasteiger partial charge on any atom is -0.480 e. The van der Waals surface area contributed by atoms with Crippen LogP contribution >= 0.6 is 0 Å². The van der Waals surface area contributed by atoms with Gasteiger partial charge in [-0.05, 0) is 27.8 Å². The van der Waals surface area contributed by atoms with Crippen LogP contribution in [0.25, 0.3) is 0 Å². The van der Waals surface area contributed by atoms with Crippen LogP contribution in [0.5, 0.6) is 0 Å². The molecule has 0 spiro atoms. The molecule has 5 atom stereocenters. The summed E-state index contributed by atoms with van der Waals surface area (Å²) in [6, 6.07) is 46.1. The molecule has 2 heterocycles. The number of aliphatic carboxylic acids is 6. The maximum Gasteiger partial charge on any atom is 0.317 e. The number of hydrogen-bond acceptors (Lipinski definition) is 22. The first kappa shape index (κ1) is 86.1. The Morgan fingerprint density at radius 2 is 0.593 bits per heavy atom. The van der Waals surface area contributed by atoms with Gasteiger partial charge in [0.2, 0.25) is 17.7 Å². The quantitative estimate of drug-likeness (QED) is 0.0275. The SMILES string of the molecule is CN(C[C@H](OCc1ccccc1)[C@@H](OCc1ccccc1)[C@H](OCc1ccccc1)[C@@H](COCc1ccccc1)OCc1ccccc1)C(=O)C(CNC(=O)CN1CCN(CC(=O)O)CCN(CC(=O)O)CCN(CC(=O)O)CC1)NC(=O)CN1CCN(CC(=O)O)CCN(CC(=O)O)CCN(CC(=O)O)CC1. The van der Waals surface area contributed by atoms with E-state index < -0.39 is 123 Å². The Kier molecular flexibility index (Phi) is 37.9. The summed E-state index contributed by atoms with van der Waals surface area (Å²) in [6.07, 6.45) is -4.11. The number of carboxylic acids is 6. The highest BCUT2D eigenvalue weighted by atomic mass is 16.6. The molecular weight excluding hydrogens is 1400 g/mol. The predicted molar refractivity (Wildman–Crippen MR) is 396 cm³/mol. The van der Waals surface area contributed by atoms with E-state index in [9.17, 15) is 69.0 Å². The van der Waals surface area contributed by atoms with Crippen LogP contribution < -0.4 is 10.6 Å². The van der Waals surface area contributed by atoms with Crippen LogP contribution in [0.3, 0.4) is 0 Å². The zero-order valence-electron chi connectivity index (χ0n) is 61.4. The minimum atomic E-state index is -1.54. The van der Waals surface area contributed by atoms with Crippen molar-refractivity contribution in [2.24, 2.45) is 0 Å². The Morgan fingerprint density at radius 3 is 0.889 bits per heavy atom. The predicted octanol–water partition coefficient (Wildman–Crippen LogP) is 1.55. The summed E-state index contributed by atoms with van der Waals surface area (Å²) in [5, 5.41) is 65.0. The van der Waals surface area contributed by atoms with E-state index in [1.54, 1.807) is 39.2 Å².